The van der Waals surface area contributed by atoms with Crippen molar-refractivity contribution in [2.45, 2.75) is 50.0 Å². The first-order chi connectivity index (χ1) is 9.91. The molecule has 116 valence electrons. The lowest BCUT2D eigenvalue weighted by Crippen LogP contribution is -2.46. The molecule has 0 spiro atoms. The van der Waals surface area contributed by atoms with Crippen LogP contribution in [0.5, 0.6) is 0 Å². The molecular weight excluding hydrogens is 291 g/mol. The number of benzene rings is 1. The summed E-state index contributed by atoms with van der Waals surface area (Å²) in [5.41, 5.74) is 5.77. The van der Waals surface area contributed by atoms with Crippen molar-refractivity contribution in [1.29, 1.82) is 0 Å². The van der Waals surface area contributed by atoms with Gasteiger partial charge in [-0.15, -0.1) is 0 Å². The molecule has 2 fully saturated rings. The Labute approximate surface area is 125 Å². The minimum Gasteiger partial charge on any atom is -0.396 e. The van der Waals surface area contributed by atoms with Gasteiger partial charge in [-0.2, -0.15) is 4.31 Å². The van der Waals surface area contributed by atoms with E-state index in [9.17, 15) is 12.8 Å². The van der Waals surface area contributed by atoms with E-state index >= 15 is 0 Å². The molecule has 0 aromatic heterocycles. The number of nitrogens with two attached hydrogens (primary N) is 1. The molecule has 1 aromatic rings. The summed E-state index contributed by atoms with van der Waals surface area (Å²) in [5, 5.41) is 0. The lowest BCUT2D eigenvalue weighted by atomic mass is 9.94. The van der Waals surface area contributed by atoms with Gasteiger partial charge in [-0.3, -0.25) is 0 Å². The van der Waals surface area contributed by atoms with E-state index in [2.05, 4.69) is 0 Å². The molecule has 1 saturated carbocycles. The maximum atomic E-state index is 13.6. The molecule has 2 N–H and O–H groups in total. The number of sulfonamides is 1. The third kappa shape index (κ3) is 2.44. The van der Waals surface area contributed by atoms with E-state index in [0.29, 0.717) is 12.5 Å². The Morgan fingerprint density at radius 3 is 2.67 bits per heavy atom. The second-order valence-corrected chi connectivity index (χ2v) is 8.05. The number of fused-ring (bicyclic) bond motifs is 1. The van der Waals surface area contributed by atoms with Crippen LogP contribution in [0.1, 0.15) is 37.7 Å². The van der Waals surface area contributed by atoms with Crippen molar-refractivity contribution in [3.63, 3.8) is 0 Å². The molecule has 3 rings (SSSR count). The smallest absolute Gasteiger partial charge is 0.243 e. The maximum Gasteiger partial charge on any atom is 0.243 e. The maximum absolute atomic E-state index is 13.6. The molecule has 1 heterocycles. The van der Waals surface area contributed by atoms with Gasteiger partial charge in [0.1, 0.15) is 5.82 Å². The number of hydrogen-bond donors (Lipinski definition) is 1. The largest absolute Gasteiger partial charge is 0.396 e. The lowest BCUT2D eigenvalue weighted by molar-refractivity contribution is 0.202. The fraction of sp³-hybridized carbons (Fsp3) is 0.600. The van der Waals surface area contributed by atoms with E-state index in [0.717, 1.165) is 32.1 Å². The predicted octanol–water partition coefficient (Wildman–Crippen LogP) is 2.67. The van der Waals surface area contributed by atoms with E-state index in [1.165, 1.54) is 12.1 Å². The van der Waals surface area contributed by atoms with Gasteiger partial charge in [0.15, 0.2) is 0 Å². The average molecular weight is 312 g/mol. The first kappa shape index (κ1) is 14.8. The van der Waals surface area contributed by atoms with Crippen LogP contribution in [-0.4, -0.2) is 25.3 Å². The summed E-state index contributed by atoms with van der Waals surface area (Å²) in [5.74, 6) is -0.0567. The molecule has 6 heteroatoms. The second kappa shape index (κ2) is 5.25. The molecule has 0 bridgehead atoms. The third-order valence-electron chi connectivity index (χ3n) is 4.81. The Hall–Kier alpha value is -1.14. The zero-order valence-corrected chi connectivity index (χ0v) is 13.0. The number of nitrogen functional groups attached to an aromatic ring is 1. The number of nitrogens with zero attached hydrogens (tertiary/aromatic N) is 1. The van der Waals surface area contributed by atoms with Crippen molar-refractivity contribution in [1.82, 2.24) is 4.31 Å². The molecule has 1 aromatic carbocycles. The summed E-state index contributed by atoms with van der Waals surface area (Å²) >= 11 is 0. The van der Waals surface area contributed by atoms with E-state index in [1.54, 1.807) is 11.2 Å². The Balaban J connectivity index is 2.00. The first-order valence-corrected chi connectivity index (χ1v) is 8.92. The van der Waals surface area contributed by atoms with Gasteiger partial charge >= 0.3 is 0 Å². The predicted molar refractivity (Wildman–Crippen MR) is 79.8 cm³/mol. The summed E-state index contributed by atoms with van der Waals surface area (Å²) in [6.45, 7) is 2.10. The Kier molecular flexibility index (Phi) is 3.69. The topological polar surface area (TPSA) is 63.4 Å². The van der Waals surface area contributed by atoms with Crippen molar-refractivity contribution in [2.24, 2.45) is 5.92 Å². The SMILES string of the molecule is Cc1cc(S(=O)(=O)N2CCCC3CCCC32)cc(N)c1F. The highest BCUT2D eigenvalue weighted by Gasteiger charge is 2.41. The average Bonchev–Trinajstić information content (AvgIpc) is 2.92. The normalized spacial score (nSPS) is 26.8. The van der Waals surface area contributed by atoms with Crippen LogP contribution in [0.15, 0.2) is 17.0 Å². The number of piperidine rings is 1. The van der Waals surface area contributed by atoms with Gasteiger partial charge in [-0.25, -0.2) is 12.8 Å². The van der Waals surface area contributed by atoms with Gasteiger partial charge in [-0.05, 0) is 56.2 Å². The second-order valence-electron chi connectivity index (χ2n) is 6.16. The van der Waals surface area contributed by atoms with Crippen LogP contribution in [-0.2, 0) is 10.0 Å². The third-order valence-corrected chi connectivity index (χ3v) is 6.71. The molecule has 2 atom stereocenters. The quantitative estimate of drug-likeness (QED) is 0.854. The molecule has 0 radical (unpaired) electrons. The first-order valence-electron chi connectivity index (χ1n) is 7.48. The van der Waals surface area contributed by atoms with E-state index in [-0.39, 0.29) is 22.2 Å². The van der Waals surface area contributed by atoms with Crippen LogP contribution in [0.3, 0.4) is 0 Å². The van der Waals surface area contributed by atoms with Gasteiger partial charge in [0.2, 0.25) is 10.0 Å². The summed E-state index contributed by atoms with van der Waals surface area (Å²) in [6.07, 6.45) is 5.14. The van der Waals surface area contributed by atoms with Gasteiger partial charge in [0, 0.05) is 12.6 Å². The number of rotatable bonds is 2. The minimum absolute atomic E-state index is 0.103. The summed E-state index contributed by atoms with van der Waals surface area (Å²) in [6, 6.07) is 2.74. The number of aryl methyl sites for hydroxylation is 1. The molecule has 2 unspecified atom stereocenters. The zero-order chi connectivity index (χ0) is 15.2. The molecule has 0 amide bonds. The molecule has 2 aliphatic rings. The van der Waals surface area contributed by atoms with E-state index in [1.807, 2.05) is 0 Å². The summed E-state index contributed by atoms with van der Waals surface area (Å²) in [4.78, 5) is 0.117. The monoisotopic (exact) mass is 312 g/mol. The highest BCUT2D eigenvalue weighted by atomic mass is 32.2. The van der Waals surface area contributed by atoms with E-state index < -0.39 is 15.8 Å². The minimum atomic E-state index is -3.59. The fourth-order valence-corrected chi connectivity index (χ4v) is 5.63. The van der Waals surface area contributed by atoms with Crippen LogP contribution in [0.2, 0.25) is 0 Å². The van der Waals surface area contributed by atoms with Gasteiger partial charge < -0.3 is 5.73 Å². The lowest BCUT2D eigenvalue weighted by Gasteiger charge is -2.36. The van der Waals surface area contributed by atoms with Crippen LogP contribution >= 0.6 is 0 Å². The molecular formula is C15H21FN2O2S. The van der Waals surface area contributed by atoms with Crippen LogP contribution in [0.4, 0.5) is 10.1 Å². The Bertz CT molecular complexity index is 637. The van der Waals surface area contributed by atoms with E-state index in [4.69, 9.17) is 5.73 Å². The van der Waals surface area contributed by atoms with Crippen molar-refractivity contribution in [3.8, 4) is 0 Å². The zero-order valence-electron chi connectivity index (χ0n) is 12.2. The van der Waals surface area contributed by atoms with Crippen LogP contribution < -0.4 is 5.73 Å². The molecule has 21 heavy (non-hydrogen) atoms. The van der Waals surface area contributed by atoms with Crippen LogP contribution in [0.25, 0.3) is 0 Å². The van der Waals surface area contributed by atoms with Crippen molar-refractivity contribution in [3.05, 3.63) is 23.5 Å². The molecule has 4 nitrogen and oxygen atoms in total. The van der Waals surface area contributed by atoms with Gasteiger partial charge in [0.25, 0.3) is 0 Å². The molecule has 1 aliphatic heterocycles. The van der Waals surface area contributed by atoms with Crippen molar-refractivity contribution >= 4 is 15.7 Å². The number of halogens is 1. The fourth-order valence-electron chi connectivity index (χ4n) is 3.75. The standard InChI is InChI=1S/C15H21FN2O2S/c1-10-8-12(9-13(17)15(10)16)21(19,20)18-7-3-5-11-4-2-6-14(11)18/h8-9,11,14H,2-7,17H2,1H3. The van der Waals surface area contributed by atoms with Crippen LogP contribution in [0, 0.1) is 18.7 Å². The summed E-state index contributed by atoms with van der Waals surface area (Å²) < 4.78 is 41.0. The number of hydrogen-bond acceptors (Lipinski definition) is 3. The highest BCUT2D eigenvalue weighted by Crippen LogP contribution is 2.39. The highest BCUT2D eigenvalue weighted by molar-refractivity contribution is 7.89. The van der Waals surface area contributed by atoms with Gasteiger partial charge in [-0.1, -0.05) is 6.42 Å². The molecule has 1 saturated heterocycles. The summed E-state index contributed by atoms with van der Waals surface area (Å²) in [7, 11) is -3.59. The number of anilines is 1. The van der Waals surface area contributed by atoms with Gasteiger partial charge in [0.05, 0.1) is 10.6 Å². The molecule has 1 aliphatic carbocycles. The Morgan fingerprint density at radius 1 is 1.24 bits per heavy atom. The Morgan fingerprint density at radius 2 is 1.95 bits per heavy atom. The van der Waals surface area contributed by atoms with Crippen molar-refractivity contribution in [2.75, 3.05) is 12.3 Å². The van der Waals surface area contributed by atoms with Crippen molar-refractivity contribution < 1.29 is 12.8 Å².